The first kappa shape index (κ1) is 21.2. The molecule has 7 heteroatoms. The standard InChI is InChI=1S/C24H30N6O/c1-17(31)29(3)16-20-14-22(25-2)28-24(27-20)21-11-4-5-13-30(21)15-19-9-6-8-18-10-7-12-26-23(18)19/h6-10,12,14,21H,4-5,11,13,15-16H2,1-3H3,(H,25,27,28)/t21-/m0/s1. The second kappa shape index (κ2) is 9.39. The summed E-state index contributed by atoms with van der Waals surface area (Å²) in [6, 6.07) is 12.5. The molecule has 3 aromatic rings. The van der Waals surface area contributed by atoms with Crippen LogP contribution in [0.1, 0.15) is 49.3 Å². The number of benzene rings is 1. The molecule has 1 fully saturated rings. The second-order valence-corrected chi connectivity index (χ2v) is 8.20. The van der Waals surface area contributed by atoms with Gasteiger partial charge in [0.05, 0.1) is 23.8 Å². The molecule has 0 spiro atoms. The molecule has 4 rings (SSSR count). The van der Waals surface area contributed by atoms with Gasteiger partial charge in [0.1, 0.15) is 11.6 Å². The Morgan fingerprint density at radius 3 is 2.87 bits per heavy atom. The molecule has 2 aromatic heterocycles. The topological polar surface area (TPSA) is 74.2 Å². The Morgan fingerprint density at radius 2 is 2.06 bits per heavy atom. The third-order valence-electron chi connectivity index (χ3n) is 5.99. The summed E-state index contributed by atoms with van der Waals surface area (Å²) in [5, 5.41) is 4.32. The van der Waals surface area contributed by atoms with Crippen molar-refractivity contribution in [3.05, 3.63) is 59.7 Å². The zero-order valence-electron chi connectivity index (χ0n) is 18.5. The SMILES string of the molecule is CNc1cc(CN(C)C(C)=O)nc([C@@H]2CCCCN2Cc2cccc3cccnc23)n1. The number of anilines is 1. The third-order valence-corrected chi connectivity index (χ3v) is 5.99. The van der Waals surface area contributed by atoms with Crippen LogP contribution in [0, 0.1) is 0 Å². The third kappa shape index (κ3) is 4.82. The van der Waals surface area contributed by atoms with Crippen molar-refractivity contribution in [1.82, 2.24) is 24.8 Å². The summed E-state index contributed by atoms with van der Waals surface area (Å²) in [5.41, 5.74) is 3.14. The van der Waals surface area contributed by atoms with Gasteiger partial charge in [0.25, 0.3) is 0 Å². The van der Waals surface area contributed by atoms with Gasteiger partial charge >= 0.3 is 0 Å². The molecule has 0 saturated carbocycles. The Labute approximate surface area is 183 Å². The molecule has 1 atom stereocenters. The Bertz CT molecular complexity index is 1060. The number of hydrogen-bond acceptors (Lipinski definition) is 6. The van der Waals surface area contributed by atoms with Crippen molar-refractivity contribution in [2.75, 3.05) is 26.0 Å². The van der Waals surface area contributed by atoms with Crippen molar-refractivity contribution in [3.8, 4) is 0 Å². The number of hydrogen-bond donors (Lipinski definition) is 1. The van der Waals surface area contributed by atoms with Gasteiger partial charge in [0.15, 0.2) is 0 Å². The Balaban J connectivity index is 1.64. The minimum Gasteiger partial charge on any atom is -0.373 e. The maximum absolute atomic E-state index is 11.7. The molecule has 1 aliphatic rings. The number of pyridine rings is 1. The van der Waals surface area contributed by atoms with E-state index in [1.165, 1.54) is 12.0 Å². The van der Waals surface area contributed by atoms with Crippen LogP contribution in [-0.4, -0.2) is 51.3 Å². The fraction of sp³-hybridized carbons (Fsp3) is 0.417. The lowest BCUT2D eigenvalue weighted by Crippen LogP contribution is -2.34. The molecule has 1 aromatic carbocycles. The summed E-state index contributed by atoms with van der Waals surface area (Å²) < 4.78 is 0. The number of carbonyl (C=O) groups is 1. The first-order chi connectivity index (χ1) is 15.0. The van der Waals surface area contributed by atoms with E-state index in [2.05, 4.69) is 39.5 Å². The molecule has 3 heterocycles. The van der Waals surface area contributed by atoms with Crippen molar-refractivity contribution in [3.63, 3.8) is 0 Å². The van der Waals surface area contributed by atoms with E-state index in [-0.39, 0.29) is 11.9 Å². The molecule has 1 saturated heterocycles. The summed E-state index contributed by atoms with van der Waals surface area (Å²) in [4.78, 5) is 30.2. The molecule has 1 amide bonds. The minimum absolute atomic E-state index is 0.0221. The van der Waals surface area contributed by atoms with Crippen molar-refractivity contribution in [2.45, 2.75) is 45.3 Å². The molecule has 162 valence electrons. The number of carbonyl (C=O) groups excluding carboxylic acids is 1. The Hall–Kier alpha value is -3.06. The number of rotatable bonds is 6. The van der Waals surface area contributed by atoms with Gasteiger partial charge in [-0.1, -0.05) is 30.7 Å². The average Bonchev–Trinajstić information content (AvgIpc) is 2.79. The number of fused-ring (bicyclic) bond motifs is 1. The van der Waals surface area contributed by atoms with Crippen molar-refractivity contribution in [2.24, 2.45) is 0 Å². The molecule has 0 unspecified atom stereocenters. The molecule has 0 aliphatic carbocycles. The number of amides is 1. The van der Waals surface area contributed by atoms with Crippen LogP contribution in [0.5, 0.6) is 0 Å². The summed E-state index contributed by atoms with van der Waals surface area (Å²) in [7, 11) is 3.66. The van der Waals surface area contributed by atoms with E-state index in [4.69, 9.17) is 9.97 Å². The summed E-state index contributed by atoms with van der Waals surface area (Å²) >= 11 is 0. The molecule has 0 bridgehead atoms. The monoisotopic (exact) mass is 418 g/mol. The fourth-order valence-corrected chi connectivity index (χ4v) is 4.22. The maximum Gasteiger partial charge on any atom is 0.219 e. The van der Waals surface area contributed by atoms with Crippen LogP contribution < -0.4 is 5.32 Å². The number of piperidine rings is 1. The lowest BCUT2D eigenvalue weighted by molar-refractivity contribution is -0.128. The highest BCUT2D eigenvalue weighted by Gasteiger charge is 2.27. The Kier molecular flexibility index (Phi) is 6.42. The predicted molar refractivity (Wildman–Crippen MR) is 122 cm³/mol. The quantitative estimate of drug-likeness (QED) is 0.657. The van der Waals surface area contributed by atoms with Crippen molar-refractivity contribution in [1.29, 1.82) is 0 Å². The molecular formula is C24H30N6O. The maximum atomic E-state index is 11.7. The van der Waals surface area contributed by atoms with E-state index in [9.17, 15) is 4.79 Å². The van der Waals surface area contributed by atoms with Gasteiger partial charge < -0.3 is 10.2 Å². The largest absolute Gasteiger partial charge is 0.373 e. The summed E-state index contributed by atoms with van der Waals surface area (Å²) in [6.07, 6.45) is 5.20. The van der Waals surface area contributed by atoms with Gasteiger partial charge in [0.2, 0.25) is 5.91 Å². The van der Waals surface area contributed by atoms with Crippen LogP contribution >= 0.6 is 0 Å². The van der Waals surface area contributed by atoms with Crippen LogP contribution in [-0.2, 0) is 17.9 Å². The highest BCUT2D eigenvalue weighted by atomic mass is 16.2. The zero-order chi connectivity index (χ0) is 21.8. The lowest BCUT2D eigenvalue weighted by atomic mass is 9.99. The van der Waals surface area contributed by atoms with E-state index in [0.717, 1.165) is 54.2 Å². The fourth-order valence-electron chi connectivity index (χ4n) is 4.22. The average molecular weight is 419 g/mol. The van der Waals surface area contributed by atoms with E-state index < -0.39 is 0 Å². The van der Waals surface area contributed by atoms with Crippen LogP contribution in [0.25, 0.3) is 10.9 Å². The smallest absolute Gasteiger partial charge is 0.219 e. The van der Waals surface area contributed by atoms with Gasteiger partial charge in [-0.25, -0.2) is 9.97 Å². The van der Waals surface area contributed by atoms with Crippen molar-refractivity contribution >= 4 is 22.6 Å². The first-order valence-electron chi connectivity index (χ1n) is 10.9. The minimum atomic E-state index is 0.0221. The van der Waals surface area contributed by atoms with Crippen molar-refractivity contribution < 1.29 is 4.79 Å². The predicted octanol–water partition coefficient (Wildman–Crippen LogP) is 3.77. The van der Waals surface area contributed by atoms with Gasteiger partial charge in [-0.2, -0.15) is 0 Å². The highest BCUT2D eigenvalue weighted by Crippen LogP contribution is 2.32. The van der Waals surface area contributed by atoms with E-state index in [1.807, 2.05) is 25.4 Å². The molecule has 1 aliphatic heterocycles. The number of likely N-dealkylation sites (tertiary alicyclic amines) is 1. The lowest BCUT2D eigenvalue weighted by Gasteiger charge is -2.35. The number of nitrogens with one attached hydrogen (secondary N) is 1. The highest BCUT2D eigenvalue weighted by molar-refractivity contribution is 5.81. The van der Waals surface area contributed by atoms with Gasteiger partial charge in [0, 0.05) is 45.2 Å². The van der Waals surface area contributed by atoms with Crippen LogP contribution in [0.15, 0.2) is 42.6 Å². The molecule has 31 heavy (non-hydrogen) atoms. The van der Waals surface area contributed by atoms with E-state index in [0.29, 0.717) is 6.54 Å². The first-order valence-corrected chi connectivity index (χ1v) is 10.9. The molecule has 1 N–H and O–H groups in total. The number of aromatic nitrogens is 3. The molecular weight excluding hydrogens is 388 g/mol. The molecule has 7 nitrogen and oxygen atoms in total. The van der Waals surface area contributed by atoms with Gasteiger partial charge in [-0.05, 0) is 31.0 Å². The summed E-state index contributed by atoms with van der Waals surface area (Å²) in [6.45, 7) is 3.86. The zero-order valence-corrected chi connectivity index (χ0v) is 18.5. The Morgan fingerprint density at radius 1 is 1.23 bits per heavy atom. The summed E-state index contributed by atoms with van der Waals surface area (Å²) in [5.74, 6) is 1.63. The van der Waals surface area contributed by atoms with Crippen LogP contribution in [0.4, 0.5) is 5.82 Å². The van der Waals surface area contributed by atoms with Gasteiger partial charge in [-0.15, -0.1) is 0 Å². The number of para-hydroxylation sites is 1. The molecule has 0 radical (unpaired) electrons. The van der Waals surface area contributed by atoms with Crippen LogP contribution in [0.2, 0.25) is 0 Å². The van der Waals surface area contributed by atoms with E-state index >= 15 is 0 Å². The van der Waals surface area contributed by atoms with E-state index in [1.54, 1.807) is 18.9 Å². The number of nitrogens with zero attached hydrogens (tertiary/aromatic N) is 5. The second-order valence-electron chi connectivity index (χ2n) is 8.20. The normalized spacial score (nSPS) is 16.9. The van der Waals surface area contributed by atoms with Crippen LogP contribution in [0.3, 0.4) is 0 Å². The van der Waals surface area contributed by atoms with Gasteiger partial charge in [-0.3, -0.25) is 14.7 Å².